The van der Waals surface area contributed by atoms with Crippen molar-refractivity contribution < 1.29 is 46.1 Å². The van der Waals surface area contributed by atoms with Gasteiger partial charge in [-0.05, 0) is 25.0 Å². The Morgan fingerprint density at radius 3 is 2.42 bits per heavy atom. The normalized spacial score (nSPS) is 14.3. The second-order valence-corrected chi connectivity index (χ2v) is 7.42. The first-order valence-electron chi connectivity index (χ1n) is 10.4. The molecule has 15 heteroatoms. The first kappa shape index (κ1) is 26.7. The van der Waals surface area contributed by atoms with E-state index in [2.05, 4.69) is 20.3 Å². The Labute approximate surface area is 200 Å². The molecule has 0 atom stereocenters. The van der Waals surface area contributed by atoms with E-state index in [9.17, 15) is 26.7 Å². The number of nitrogens with zero attached hydrogens (tertiary/aromatic N) is 4. The molecule has 0 saturated carbocycles. The number of alkyl halides is 5. The maximum atomic E-state index is 12.8. The number of hydrogen-bond donors (Lipinski definition) is 2. The molecular formula is C21H20F5N5O5. The molecule has 194 valence electrons. The number of carboxylic acids is 1. The van der Waals surface area contributed by atoms with Crippen LogP contribution >= 0.6 is 0 Å². The Balaban J connectivity index is 0.000000454. The zero-order valence-corrected chi connectivity index (χ0v) is 18.6. The number of carbonyl (C=O) groups excluding carboxylic acids is 1. The number of methoxy groups -OCH3 is 1. The summed E-state index contributed by atoms with van der Waals surface area (Å²) >= 11 is 0. The molecule has 3 aromatic heterocycles. The summed E-state index contributed by atoms with van der Waals surface area (Å²) in [5.74, 6) is -2.86. The zero-order valence-electron chi connectivity index (χ0n) is 18.6. The predicted molar refractivity (Wildman–Crippen MR) is 113 cm³/mol. The van der Waals surface area contributed by atoms with E-state index in [1.54, 1.807) is 4.40 Å². The van der Waals surface area contributed by atoms with Gasteiger partial charge in [-0.3, -0.25) is 9.20 Å². The van der Waals surface area contributed by atoms with Gasteiger partial charge in [-0.2, -0.15) is 13.2 Å². The lowest BCUT2D eigenvalue weighted by molar-refractivity contribution is -0.192. The lowest BCUT2D eigenvalue weighted by Crippen LogP contribution is -2.21. The molecule has 10 nitrogen and oxygen atoms in total. The van der Waals surface area contributed by atoms with Crippen molar-refractivity contribution in [2.75, 3.05) is 25.6 Å². The minimum Gasteiger partial charge on any atom is -0.478 e. The van der Waals surface area contributed by atoms with Crippen molar-refractivity contribution in [1.82, 2.24) is 19.4 Å². The lowest BCUT2D eigenvalue weighted by atomic mass is 9.97. The minimum atomic E-state index is -5.08. The molecule has 1 fully saturated rings. The smallest absolute Gasteiger partial charge is 0.478 e. The lowest BCUT2D eigenvalue weighted by Gasteiger charge is -2.19. The number of aliphatic carboxylic acids is 1. The first-order valence-corrected chi connectivity index (χ1v) is 10.4. The van der Waals surface area contributed by atoms with E-state index in [1.165, 1.54) is 31.5 Å². The first-order chi connectivity index (χ1) is 17.0. The summed E-state index contributed by atoms with van der Waals surface area (Å²) in [6.07, 6.45) is -2.68. The maximum Gasteiger partial charge on any atom is 0.490 e. The molecule has 1 saturated heterocycles. The Morgan fingerprint density at radius 1 is 1.17 bits per heavy atom. The molecule has 3 aromatic rings. The van der Waals surface area contributed by atoms with Crippen molar-refractivity contribution in [1.29, 1.82) is 0 Å². The van der Waals surface area contributed by atoms with Gasteiger partial charge in [0, 0.05) is 31.5 Å². The number of halogens is 5. The molecule has 1 aliphatic heterocycles. The van der Waals surface area contributed by atoms with E-state index in [-0.39, 0.29) is 23.3 Å². The standard InChI is InChI=1S/C19H19F2N5O3.C2HF3O2/c1-28-19-17-23-13(11-5-7-29-8-6-11)9-26(17)10-14(24-19)18(27)25-15-4-2-3-12(22-15)16(20)21;3-2(4,5)1(6)7/h2-4,9-11,16H,5-8H2,1H3,(H,22,25,27);(H,6,7). The average molecular weight is 517 g/mol. The molecule has 0 aliphatic carbocycles. The van der Waals surface area contributed by atoms with Crippen LogP contribution in [0.2, 0.25) is 0 Å². The van der Waals surface area contributed by atoms with E-state index in [0.29, 0.717) is 18.9 Å². The summed E-state index contributed by atoms with van der Waals surface area (Å²) in [6.45, 7) is 1.37. The Morgan fingerprint density at radius 2 is 1.83 bits per heavy atom. The van der Waals surface area contributed by atoms with E-state index in [4.69, 9.17) is 19.4 Å². The van der Waals surface area contributed by atoms with Gasteiger partial charge in [0.25, 0.3) is 18.2 Å². The van der Waals surface area contributed by atoms with Crippen molar-refractivity contribution in [3.05, 3.63) is 47.7 Å². The molecule has 0 unspecified atom stereocenters. The molecule has 1 aliphatic rings. The third-order valence-corrected chi connectivity index (χ3v) is 4.97. The summed E-state index contributed by atoms with van der Waals surface area (Å²) in [5, 5.41) is 9.61. The van der Waals surface area contributed by atoms with Crippen LogP contribution in [0.15, 0.2) is 30.6 Å². The van der Waals surface area contributed by atoms with Crippen LogP contribution in [0.4, 0.5) is 27.8 Å². The molecule has 0 spiro atoms. The zero-order chi connectivity index (χ0) is 26.5. The summed E-state index contributed by atoms with van der Waals surface area (Å²) < 4.78 is 69.8. The number of rotatable bonds is 5. The summed E-state index contributed by atoms with van der Waals surface area (Å²) in [7, 11) is 1.44. The van der Waals surface area contributed by atoms with Crippen LogP contribution in [0.5, 0.6) is 5.88 Å². The molecule has 4 rings (SSSR count). The van der Waals surface area contributed by atoms with Gasteiger partial charge in [-0.1, -0.05) is 6.07 Å². The van der Waals surface area contributed by atoms with Gasteiger partial charge >= 0.3 is 12.1 Å². The van der Waals surface area contributed by atoms with E-state index < -0.39 is 30.2 Å². The maximum absolute atomic E-state index is 12.8. The van der Waals surface area contributed by atoms with Gasteiger partial charge in [-0.25, -0.2) is 28.5 Å². The second kappa shape index (κ2) is 11.2. The minimum absolute atomic E-state index is 0.0159. The van der Waals surface area contributed by atoms with Crippen LogP contribution in [0.3, 0.4) is 0 Å². The van der Waals surface area contributed by atoms with E-state index in [1.807, 2.05) is 6.20 Å². The van der Waals surface area contributed by atoms with Crippen LogP contribution in [0.1, 0.15) is 47.1 Å². The van der Waals surface area contributed by atoms with Crippen LogP contribution in [-0.2, 0) is 9.53 Å². The molecule has 0 bridgehead atoms. The van der Waals surface area contributed by atoms with Gasteiger partial charge in [0.05, 0.1) is 12.8 Å². The number of amides is 1. The molecule has 4 heterocycles. The predicted octanol–water partition coefficient (Wildman–Crippen LogP) is 3.85. The number of carboxylic acid groups (broad SMARTS) is 1. The van der Waals surface area contributed by atoms with Crippen molar-refractivity contribution >= 4 is 23.3 Å². The summed E-state index contributed by atoms with van der Waals surface area (Å²) in [4.78, 5) is 34.1. The fourth-order valence-electron chi connectivity index (χ4n) is 3.25. The van der Waals surface area contributed by atoms with Crippen LogP contribution < -0.4 is 10.1 Å². The van der Waals surface area contributed by atoms with Crippen LogP contribution in [0, 0.1) is 0 Å². The number of ether oxygens (including phenoxy) is 2. The van der Waals surface area contributed by atoms with Crippen molar-refractivity contribution in [3.8, 4) is 5.88 Å². The number of nitrogens with one attached hydrogen (secondary N) is 1. The number of carbonyl (C=O) groups is 2. The van der Waals surface area contributed by atoms with Gasteiger partial charge in [0.2, 0.25) is 5.65 Å². The Kier molecular flexibility index (Phi) is 8.34. The van der Waals surface area contributed by atoms with Gasteiger partial charge in [0.15, 0.2) is 0 Å². The van der Waals surface area contributed by atoms with Crippen molar-refractivity contribution in [2.24, 2.45) is 0 Å². The summed E-state index contributed by atoms with van der Waals surface area (Å²) in [6, 6.07) is 4.02. The molecule has 0 aromatic carbocycles. The fraction of sp³-hybridized carbons (Fsp3) is 0.381. The monoisotopic (exact) mass is 517 g/mol. The number of fused-ring (bicyclic) bond motifs is 1. The molecular weight excluding hydrogens is 497 g/mol. The highest BCUT2D eigenvalue weighted by atomic mass is 19.4. The van der Waals surface area contributed by atoms with Gasteiger partial charge in [-0.15, -0.1) is 0 Å². The number of hydrogen-bond acceptors (Lipinski definition) is 7. The van der Waals surface area contributed by atoms with E-state index in [0.717, 1.165) is 18.5 Å². The third-order valence-electron chi connectivity index (χ3n) is 4.97. The quantitative estimate of drug-likeness (QED) is 0.489. The SMILES string of the molecule is COc1nc(C(=O)Nc2cccc(C(F)F)n2)cn2cc(C3CCOCC3)nc12.O=C(O)C(F)(F)F. The molecule has 36 heavy (non-hydrogen) atoms. The van der Waals surface area contributed by atoms with Crippen LogP contribution in [0.25, 0.3) is 5.65 Å². The van der Waals surface area contributed by atoms with Crippen molar-refractivity contribution in [2.45, 2.75) is 31.4 Å². The van der Waals surface area contributed by atoms with Crippen molar-refractivity contribution in [3.63, 3.8) is 0 Å². The van der Waals surface area contributed by atoms with Gasteiger partial charge in [0.1, 0.15) is 17.2 Å². The van der Waals surface area contributed by atoms with Crippen LogP contribution in [-0.4, -0.2) is 62.8 Å². The highest BCUT2D eigenvalue weighted by molar-refractivity contribution is 6.02. The highest BCUT2D eigenvalue weighted by Gasteiger charge is 2.38. The fourth-order valence-corrected chi connectivity index (χ4v) is 3.25. The third kappa shape index (κ3) is 6.62. The molecule has 2 N–H and O–H groups in total. The summed E-state index contributed by atoms with van der Waals surface area (Å²) in [5.41, 5.74) is 1.02. The largest absolute Gasteiger partial charge is 0.490 e. The average Bonchev–Trinajstić information content (AvgIpc) is 3.28. The molecule has 1 amide bonds. The number of imidazole rings is 1. The Bertz CT molecular complexity index is 1230. The van der Waals surface area contributed by atoms with E-state index >= 15 is 0 Å². The Hall–Kier alpha value is -3.88. The number of pyridine rings is 1. The topological polar surface area (TPSA) is 128 Å². The van der Waals surface area contributed by atoms with Gasteiger partial charge < -0.3 is 19.9 Å². The highest BCUT2D eigenvalue weighted by Crippen LogP contribution is 2.28. The number of aromatic nitrogens is 4. The second-order valence-electron chi connectivity index (χ2n) is 7.42. The number of anilines is 1. The molecule has 0 radical (unpaired) electrons.